The molecule has 7 nitrogen and oxygen atoms in total. The van der Waals surface area contributed by atoms with Crippen molar-refractivity contribution in [1.82, 2.24) is 9.62 Å². The van der Waals surface area contributed by atoms with E-state index in [9.17, 15) is 18.0 Å². The molecular formula is C13H17N3O4S. The van der Waals surface area contributed by atoms with Gasteiger partial charge in [0.2, 0.25) is 21.8 Å². The first-order valence-electron chi connectivity index (χ1n) is 6.30. The number of imide groups is 1. The summed E-state index contributed by atoms with van der Waals surface area (Å²) < 4.78 is 26.5. The van der Waals surface area contributed by atoms with Gasteiger partial charge in [0, 0.05) is 5.69 Å². The Bertz CT molecular complexity index is 725. The zero-order chi connectivity index (χ0) is 16.0. The number of carbonyl (C=O) groups excluding carboxylic acids is 2. The van der Waals surface area contributed by atoms with Crippen molar-refractivity contribution < 1.29 is 18.0 Å². The summed E-state index contributed by atoms with van der Waals surface area (Å²) in [6, 6.07) is 4.52. The van der Waals surface area contributed by atoms with E-state index in [4.69, 9.17) is 5.73 Å². The molecule has 0 unspecified atom stereocenters. The number of rotatable bonds is 2. The van der Waals surface area contributed by atoms with Gasteiger partial charge in [-0.3, -0.25) is 14.9 Å². The molecule has 1 aromatic carbocycles. The zero-order valence-corrected chi connectivity index (χ0v) is 12.8. The lowest BCUT2D eigenvalue weighted by atomic mass is 10.0. The highest BCUT2D eigenvalue weighted by atomic mass is 32.2. The molecule has 0 aliphatic carbocycles. The molecular weight excluding hydrogens is 294 g/mol. The van der Waals surface area contributed by atoms with Crippen LogP contribution in [0.3, 0.4) is 0 Å². The molecule has 0 radical (unpaired) electrons. The summed E-state index contributed by atoms with van der Waals surface area (Å²) in [4.78, 5) is 23.4. The summed E-state index contributed by atoms with van der Waals surface area (Å²) in [6.45, 7) is 4.08. The molecule has 0 spiro atoms. The SMILES string of the molecule is Cc1c(N)cccc1S(=O)(=O)N1CC(=O)NC(=O)C1(C)C. The van der Waals surface area contributed by atoms with Crippen LogP contribution in [0.25, 0.3) is 0 Å². The first-order chi connectivity index (χ1) is 9.58. The summed E-state index contributed by atoms with van der Waals surface area (Å²) in [5, 5.41) is 2.14. The maximum atomic E-state index is 12.8. The van der Waals surface area contributed by atoms with Gasteiger partial charge in [-0.15, -0.1) is 0 Å². The molecule has 3 N–H and O–H groups in total. The second-order valence-electron chi connectivity index (χ2n) is 5.42. The van der Waals surface area contributed by atoms with Crippen LogP contribution in [-0.4, -0.2) is 36.6 Å². The Morgan fingerprint density at radius 1 is 1.29 bits per heavy atom. The molecule has 0 saturated carbocycles. The average Bonchev–Trinajstić information content (AvgIpc) is 2.37. The zero-order valence-electron chi connectivity index (χ0n) is 12.0. The maximum Gasteiger partial charge on any atom is 0.247 e. The fourth-order valence-corrected chi connectivity index (χ4v) is 4.14. The minimum absolute atomic E-state index is 0.00178. The third-order valence-corrected chi connectivity index (χ3v) is 5.78. The summed E-state index contributed by atoms with van der Waals surface area (Å²) in [7, 11) is -4.02. The van der Waals surface area contributed by atoms with Gasteiger partial charge in [0.1, 0.15) is 5.54 Å². The van der Waals surface area contributed by atoms with Crippen LogP contribution >= 0.6 is 0 Å². The van der Waals surface area contributed by atoms with Crippen molar-refractivity contribution in [3.63, 3.8) is 0 Å². The Balaban J connectivity index is 2.60. The molecule has 0 aromatic heterocycles. The van der Waals surface area contributed by atoms with Gasteiger partial charge < -0.3 is 5.73 Å². The molecule has 0 atom stereocenters. The van der Waals surface area contributed by atoms with E-state index in [0.717, 1.165) is 4.31 Å². The third-order valence-electron chi connectivity index (χ3n) is 3.61. The Morgan fingerprint density at radius 2 is 1.90 bits per heavy atom. The monoisotopic (exact) mass is 311 g/mol. The number of nitrogens with one attached hydrogen (secondary N) is 1. The standard InChI is InChI=1S/C13H17N3O4S/c1-8-9(14)5-4-6-10(8)21(19,20)16-7-11(17)15-12(18)13(16,2)3/h4-6H,7,14H2,1-3H3,(H,15,17,18). The highest BCUT2D eigenvalue weighted by molar-refractivity contribution is 7.89. The molecule has 1 fully saturated rings. The number of hydrogen-bond acceptors (Lipinski definition) is 5. The summed E-state index contributed by atoms with van der Waals surface area (Å²) in [5.41, 5.74) is 5.11. The number of piperazine rings is 1. The Kier molecular flexibility index (Phi) is 3.54. The number of amides is 2. The van der Waals surface area contributed by atoms with Gasteiger partial charge in [-0.2, -0.15) is 4.31 Å². The predicted molar refractivity (Wildman–Crippen MR) is 76.7 cm³/mol. The average molecular weight is 311 g/mol. The molecule has 1 aromatic rings. The summed E-state index contributed by atoms with van der Waals surface area (Å²) >= 11 is 0. The van der Waals surface area contributed by atoms with Crippen molar-refractivity contribution in [2.24, 2.45) is 0 Å². The van der Waals surface area contributed by atoms with E-state index >= 15 is 0 Å². The fourth-order valence-electron chi connectivity index (χ4n) is 2.18. The first-order valence-corrected chi connectivity index (χ1v) is 7.74. The van der Waals surface area contributed by atoms with Gasteiger partial charge in [0.05, 0.1) is 11.4 Å². The van der Waals surface area contributed by atoms with E-state index in [0.29, 0.717) is 11.3 Å². The minimum Gasteiger partial charge on any atom is -0.398 e. The Hall–Kier alpha value is -1.93. The van der Waals surface area contributed by atoms with Crippen molar-refractivity contribution in [3.8, 4) is 0 Å². The van der Waals surface area contributed by atoms with Crippen LogP contribution in [0.15, 0.2) is 23.1 Å². The number of hydrogen-bond donors (Lipinski definition) is 2. The molecule has 2 rings (SSSR count). The number of carbonyl (C=O) groups is 2. The van der Waals surface area contributed by atoms with Crippen molar-refractivity contribution >= 4 is 27.5 Å². The van der Waals surface area contributed by atoms with E-state index in [2.05, 4.69) is 5.32 Å². The van der Waals surface area contributed by atoms with Gasteiger partial charge >= 0.3 is 0 Å². The smallest absolute Gasteiger partial charge is 0.247 e. The van der Waals surface area contributed by atoms with Crippen LogP contribution in [0.5, 0.6) is 0 Å². The van der Waals surface area contributed by atoms with Gasteiger partial charge in [0.15, 0.2) is 0 Å². The lowest BCUT2D eigenvalue weighted by molar-refractivity contribution is -0.141. The Morgan fingerprint density at radius 3 is 2.52 bits per heavy atom. The van der Waals surface area contributed by atoms with E-state index in [1.165, 1.54) is 26.0 Å². The van der Waals surface area contributed by atoms with Gasteiger partial charge in [-0.05, 0) is 38.5 Å². The van der Waals surface area contributed by atoms with E-state index in [1.54, 1.807) is 13.0 Å². The van der Waals surface area contributed by atoms with Gasteiger partial charge in [-0.1, -0.05) is 6.07 Å². The minimum atomic E-state index is -4.02. The summed E-state index contributed by atoms with van der Waals surface area (Å²) in [6.07, 6.45) is 0. The lowest BCUT2D eigenvalue weighted by Gasteiger charge is -2.39. The van der Waals surface area contributed by atoms with Crippen LogP contribution in [0.4, 0.5) is 5.69 Å². The fraction of sp³-hybridized carbons (Fsp3) is 0.385. The van der Waals surface area contributed by atoms with Crippen LogP contribution in [0.1, 0.15) is 19.4 Å². The number of sulfonamides is 1. The van der Waals surface area contributed by atoms with Crippen LogP contribution in [0.2, 0.25) is 0 Å². The number of anilines is 1. The maximum absolute atomic E-state index is 12.8. The van der Waals surface area contributed by atoms with Gasteiger partial charge in [-0.25, -0.2) is 8.42 Å². The second-order valence-corrected chi connectivity index (χ2v) is 7.25. The number of benzene rings is 1. The second kappa shape index (κ2) is 4.81. The Labute approximate surface area is 123 Å². The number of nitrogen functional groups attached to an aromatic ring is 1. The van der Waals surface area contributed by atoms with Gasteiger partial charge in [0.25, 0.3) is 0 Å². The van der Waals surface area contributed by atoms with Crippen LogP contribution < -0.4 is 11.1 Å². The molecule has 1 aliphatic rings. The molecule has 1 saturated heterocycles. The number of nitrogens with zero attached hydrogens (tertiary/aromatic N) is 1. The van der Waals surface area contributed by atoms with E-state index < -0.39 is 33.9 Å². The van der Waals surface area contributed by atoms with Crippen LogP contribution in [0, 0.1) is 6.92 Å². The molecule has 8 heteroatoms. The molecule has 2 amide bonds. The molecule has 1 heterocycles. The number of nitrogens with two attached hydrogens (primary N) is 1. The molecule has 21 heavy (non-hydrogen) atoms. The predicted octanol–water partition coefficient (Wildman–Crippen LogP) is 0.00292. The van der Waals surface area contributed by atoms with Crippen molar-refractivity contribution in [2.45, 2.75) is 31.2 Å². The van der Waals surface area contributed by atoms with E-state index in [-0.39, 0.29) is 4.90 Å². The lowest BCUT2D eigenvalue weighted by Crippen LogP contribution is -2.65. The molecule has 1 aliphatic heterocycles. The topological polar surface area (TPSA) is 110 Å². The molecule has 114 valence electrons. The molecule has 0 bridgehead atoms. The largest absolute Gasteiger partial charge is 0.398 e. The quantitative estimate of drug-likeness (QED) is 0.590. The third kappa shape index (κ3) is 2.40. The van der Waals surface area contributed by atoms with E-state index in [1.807, 2.05) is 0 Å². The van der Waals surface area contributed by atoms with Crippen molar-refractivity contribution in [2.75, 3.05) is 12.3 Å². The first kappa shape index (κ1) is 15.5. The normalized spacial score (nSPS) is 19.4. The van der Waals surface area contributed by atoms with Crippen molar-refractivity contribution in [1.29, 1.82) is 0 Å². The van der Waals surface area contributed by atoms with Crippen molar-refractivity contribution in [3.05, 3.63) is 23.8 Å². The highest BCUT2D eigenvalue weighted by Crippen LogP contribution is 2.30. The summed E-state index contributed by atoms with van der Waals surface area (Å²) in [5.74, 6) is -1.30. The van der Waals surface area contributed by atoms with Crippen LogP contribution in [-0.2, 0) is 19.6 Å². The highest BCUT2D eigenvalue weighted by Gasteiger charge is 2.47.